The van der Waals surface area contributed by atoms with Gasteiger partial charge in [0, 0.05) is 29.7 Å². The molecular weight excluding hydrogens is 274 g/mol. The van der Waals surface area contributed by atoms with Gasteiger partial charge in [0.2, 0.25) is 0 Å². The fraction of sp³-hybridized carbons (Fsp3) is 0.400. The third-order valence-corrected chi connectivity index (χ3v) is 3.29. The standard InChI is InChI=1S/C15H20ClN3O/c1-3-19-14(8-11(2)18-19)9-13(17)10-20-15-6-4-12(16)5-7-15/h4-8,13H,3,9-10,17H2,1-2H3. The lowest BCUT2D eigenvalue weighted by atomic mass is 10.1. The average molecular weight is 294 g/mol. The van der Waals surface area contributed by atoms with Crippen LogP contribution in [0.5, 0.6) is 5.75 Å². The van der Waals surface area contributed by atoms with Crippen LogP contribution in [0.2, 0.25) is 5.02 Å². The van der Waals surface area contributed by atoms with Gasteiger partial charge in [-0.2, -0.15) is 5.10 Å². The number of halogens is 1. The molecule has 0 fully saturated rings. The molecule has 0 amide bonds. The van der Waals surface area contributed by atoms with Crippen LogP contribution in [-0.4, -0.2) is 22.4 Å². The number of hydrogen-bond acceptors (Lipinski definition) is 3. The second-order valence-electron chi connectivity index (χ2n) is 4.82. The van der Waals surface area contributed by atoms with Crippen LogP contribution in [0.15, 0.2) is 30.3 Å². The summed E-state index contributed by atoms with van der Waals surface area (Å²) in [5.41, 5.74) is 8.30. The van der Waals surface area contributed by atoms with Crippen LogP contribution in [0.4, 0.5) is 0 Å². The van der Waals surface area contributed by atoms with Crippen LogP contribution in [0.1, 0.15) is 18.3 Å². The second-order valence-corrected chi connectivity index (χ2v) is 5.26. The van der Waals surface area contributed by atoms with Gasteiger partial charge in [-0.3, -0.25) is 4.68 Å². The maximum absolute atomic E-state index is 6.12. The van der Waals surface area contributed by atoms with E-state index >= 15 is 0 Å². The largest absolute Gasteiger partial charge is 0.492 e. The highest BCUT2D eigenvalue weighted by Crippen LogP contribution is 2.16. The van der Waals surface area contributed by atoms with E-state index in [4.69, 9.17) is 22.1 Å². The zero-order chi connectivity index (χ0) is 14.5. The summed E-state index contributed by atoms with van der Waals surface area (Å²) in [6.45, 7) is 5.39. The van der Waals surface area contributed by atoms with Gasteiger partial charge in [0.15, 0.2) is 0 Å². The van der Waals surface area contributed by atoms with E-state index in [0.717, 1.165) is 30.1 Å². The first-order chi connectivity index (χ1) is 9.58. The Balaban J connectivity index is 1.88. The molecule has 0 aliphatic carbocycles. The van der Waals surface area contributed by atoms with Crippen molar-refractivity contribution < 1.29 is 4.74 Å². The molecule has 0 saturated carbocycles. The van der Waals surface area contributed by atoms with Gasteiger partial charge in [0.1, 0.15) is 12.4 Å². The highest BCUT2D eigenvalue weighted by molar-refractivity contribution is 6.30. The quantitative estimate of drug-likeness (QED) is 0.891. The summed E-state index contributed by atoms with van der Waals surface area (Å²) in [5, 5.41) is 5.11. The van der Waals surface area contributed by atoms with E-state index < -0.39 is 0 Å². The van der Waals surface area contributed by atoms with E-state index in [1.54, 1.807) is 12.1 Å². The van der Waals surface area contributed by atoms with E-state index in [9.17, 15) is 0 Å². The van der Waals surface area contributed by atoms with Crippen molar-refractivity contribution in [3.63, 3.8) is 0 Å². The molecule has 5 heteroatoms. The van der Waals surface area contributed by atoms with E-state index in [2.05, 4.69) is 18.1 Å². The van der Waals surface area contributed by atoms with Crippen LogP contribution in [0, 0.1) is 6.92 Å². The fourth-order valence-electron chi connectivity index (χ4n) is 2.10. The molecule has 4 nitrogen and oxygen atoms in total. The number of rotatable bonds is 6. The van der Waals surface area contributed by atoms with Crippen molar-refractivity contribution in [2.75, 3.05) is 6.61 Å². The number of ether oxygens (including phenoxy) is 1. The average Bonchev–Trinajstić information content (AvgIpc) is 2.78. The lowest BCUT2D eigenvalue weighted by Crippen LogP contribution is -2.31. The lowest BCUT2D eigenvalue weighted by Gasteiger charge is -2.14. The van der Waals surface area contributed by atoms with Gasteiger partial charge >= 0.3 is 0 Å². The van der Waals surface area contributed by atoms with Crippen molar-refractivity contribution in [2.24, 2.45) is 5.73 Å². The van der Waals surface area contributed by atoms with Gasteiger partial charge < -0.3 is 10.5 Å². The molecule has 1 atom stereocenters. The summed E-state index contributed by atoms with van der Waals surface area (Å²) in [6.07, 6.45) is 0.752. The number of benzene rings is 1. The van der Waals surface area contributed by atoms with Crippen molar-refractivity contribution in [1.82, 2.24) is 9.78 Å². The molecule has 1 heterocycles. The molecule has 0 aliphatic heterocycles. The Morgan fingerprint density at radius 1 is 1.35 bits per heavy atom. The summed E-state index contributed by atoms with van der Waals surface area (Å²) in [4.78, 5) is 0. The van der Waals surface area contributed by atoms with E-state index in [1.807, 2.05) is 23.7 Å². The van der Waals surface area contributed by atoms with Gasteiger partial charge in [-0.05, 0) is 44.2 Å². The van der Waals surface area contributed by atoms with Gasteiger partial charge in [0.25, 0.3) is 0 Å². The minimum absolute atomic E-state index is 0.0629. The lowest BCUT2D eigenvalue weighted by molar-refractivity contribution is 0.285. The van der Waals surface area contributed by atoms with E-state index in [1.165, 1.54) is 0 Å². The molecule has 0 radical (unpaired) electrons. The summed E-state index contributed by atoms with van der Waals surface area (Å²) >= 11 is 5.83. The Morgan fingerprint density at radius 3 is 2.70 bits per heavy atom. The third kappa shape index (κ3) is 3.99. The number of hydrogen-bond donors (Lipinski definition) is 1. The van der Waals surface area contributed by atoms with Crippen LogP contribution in [0.3, 0.4) is 0 Å². The minimum atomic E-state index is -0.0629. The van der Waals surface area contributed by atoms with Crippen molar-refractivity contribution in [3.05, 3.63) is 46.7 Å². The first-order valence-electron chi connectivity index (χ1n) is 6.75. The highest BCUT2D eigenvalue weighted by atomic mass is 35.5. The summed E-state index contributed by atoms with van der Waals surface area (Å²) < 4.78 is 7.65. The molecule has 1 unspecified atom stereocenters. The zero-order valence-electron chi connectivity index (χ0n) is 11.8. The molecule has 2 N–H and O–H groups in total. The monoisotopic (exact) mass is 293 g/mol. The van der Waals surface area contributed by atoms with Crippen LogP contribution < -0.4 is 10.5 Å². The molecule has 0 saturated heterocycles. The molecule has 2 aromatic rings. The molecule has 108 valence electrons. The number of nitrogens with two attached hydrogens (primary N) is 1. The van der Waals surface area contributed by atoms with Crippen LogP contribution in [0.25, 0.3) is 0 Å². The van der Waals surface area contributed by atoms with Crippen molar-refractivity contribution in [2.45, 2.75) is 32.9 Å². The molecule has 0 bridgehead atoms. The topological polar surface area (TPSA) is 53.1 Å². The molecular formula is C15H20ClN3O. The van der Waals surface area contributed by atoms with Crippen molar-refractivity contribution >= 4 is 11.6 Å². The summed E-state index contributed by atoms with van der Waals surface area (Å²) in [7, 11) is 0. The predicted octanol–water partition coefficient (Wildman–Crippen LogP) is 2.81. The van der Waals surface area contributed by atoms with Gasteiger partial charge in [-0.15, -0.1) is 0 Å². The normalized spacial score (nSPS) is 12.4. The smallest absolute Gasteiger partial charge is 0.119 e. The van der Waals surface area contributed by atoms with Crippen molar-refractivity contribution in [1.29, 1.82) is 0 Å². The Hall–Kier alpha value is -1.52. The van der Waals surface area contributed by atoms with Gasteiger partial charge in [-0.25, -0.2) is 0 Å². The number of aryl methyl sites for hydroxylation is 2. The van der Waals surface area contributed by atoms with Crippen molar-refractivity contribution in [3.8, 4) is 5.75 Å². The molecule has 20 heavy (non-hydrogen) atoms. The van der Waals surface area contributed by atoms with E-state index in [0.29, 0.717) is 11.6 Å². The molecule has 1 aromatic carbocycles. The maximum atomic E-state index is 6.12. The Labute approximate surface area is 124 Å². The van der Waals surface area contributed by atoms with Gasteiger partial charge in [-0.1, -0.05) is 11.6 Å². The molecule has 2 rings (SSSR count). The predicted molar refractivity (Wildman–Crippen MR) is 81.3 cm³/mol. The van der Waals surface area contributed by atoms with E-state index in [-0.39, 0.29) is 6.04 Å². The fourth-order valence-corrected chi connectivity index (χ4v) is 2.22. The zero-order valence-corrected chi connectivity index (χ0v) is 12.6. The first-order valence-corrected chi connectivity index (χ1v) is 7.13. The summed E-state index contributed by atoms with van der Waals surface area (Å²) in [5.74, 6) is 0.782. The third-order valence-electron chi connectivity index (χ3n) is 3.03. The number of nitrogens with zero attached hydrogens (tertiary/aromatic N) is 2. The first kappa shape index (κ1) is 14.9. The maximum Gasteiger partial charge on any atom is 0.119 e. The highest BCUT2D eigenvalue weighted by Gasteiger charge is 2.10. The SMILES string of the molecule is CCn1nc(C)cc1CC(N)COc1ccc(Cl)cc1. The minimum Gasteiger partial charge on any atom is -0.492 e. The van der Waals surface area contributed by atoms with Crippen LogP contribution in [-0.2, 0) is 13.0 Å². The second kappa shape index (κ2) is 6.77. The Morgan fingerprint density at radius 2 is 2.05 bits per heavy atom. The summed E-state index contributed by atoms with van der Waals surface area (Å²) in [6, 6.07) is 9.30. The molecule has 1 aromatic heterocycles. The molecule has 0 aliphatic rings. The Bertz CT molecular complexity index is 551. The number of aromatic nitrogens is 2. The van der Waals surface area contributed by atoms with Gasteiger partial charge in [0.05, 0.1) is 5.69 Å². The Kier molecular flexibility index (Phi) is 5.04. The van der Waals surface area contributed by atoms with Crippen LogP contribution >= 0.6 is 11.6 Å². The molecule has 0 spiro atoms.